The van der Waals surface area contributed by atoms with E-state index in [1.165, 1.54) is 33.9 Å². The Morgan fingerprint density at radius 2 is 1.77 bits per heavy atom. The molecule has 0 bridgehead atoms. The number of carbonyl (C=O) groups excluding carboxylic acids is 2. The average molecular weight is 424 g/mol. The molecule has 0 saturated carbocycles. The number of urea groups is 1. The number of nitrogens with one attached hydrogen (secondary N) is 1. The Hall–Kier alpha value is -3.06. The first kappa shape index (κ1) is 20.2. The summed E-state index contributed by atoms with van der Waals surface area (Å²) in [5, 5.41) is 5.36. The molecule has 1 unspecified atom stereocenters. The molecule has 1 aliphatic heterocycles. The van der Waals surface area contributed by atoms with Gasteiger partial charge >= 0.3 is 6.03 Å². The SMILES string of the molecule is CC(C)c1ccc(C2(C)NC(=O)N(Cc3csc(-c4ccc(F)cc4)n3)C2=O)cc1. The van der Waals surface area contributed by atoms with Gasteiger partial charge in [0, 0.05) is 10.9 Å². The highest BCUT2D eigenvalue weighted by molar-refractivity contribution is 7.13. The zero-order chi connectivity index (χ0) is 21.5. The molecule has 1 atom stereocenters. The molecule has 154 valence electrons. The highest BCUT2D eigenvalue weighted by Gasteiger charge is 2.49. The van der Waals surface area contributed by atoms with E-state index in [9.17, 15) is 14.0 Å². The van der Waals surface area contributed by atoms with E-state index in [2.05, 4.69) is 24.1 Å². The highest BCUT2D eigenvalue weighted by Crippen LogP contribution is 2.31. The van der Waals surface area contributed by atoms with Gasteiger partial charge in [-0.25, -0.2) is 14.2 Å². The Kier molecular flexibility index (Phi) is 5.15. The van der Waals surface area contributed by atoms with Crippen LogP contribution in [0.4, 0.5) is 9.18 Å². The van der Waals surface area contributed by atoms with E-state index in [4.69, 9.17) is 0 Å². The van der Waals surface area contributed by atoms with E-state index in [0.29, 0.717) is 16.6 Å². The molecule has 1 N–H and O–H groups in total. The first-order valence-corrected chi connectivity index (χ1v) is 10.6. The first-order valence-electron chi connectivity index (χ1n) is 9.73. The topological polar surface area (TPSA) is 62.3 Å². The number of carbonyl (C=O) groups is 2. The van der Waals surface area contributed by atoms with Crippen LogP contribution in [-0.2, 0) is 16.9 Å². The monoisotopic (exact) mass is 423 g/mol. The lowest BCUT2D eigenvalue weighted by molar-refractivity contribution is -0.131. The number of imide groups is 1. The Balaban J connectivity index is 1.54. The van der Waals surface area contributed by atoms with Crippen molar-refractivity contribution in [2.24, 2.45) is 0 Å². The maximum atomic E-state index is 13.2. The highest BCUT2D eigenvalue weighted by atomic mass is 32.1. The Morgan fingerprint density at radius 1 is 1.10 bits per heavy atom. The summed E-state index contributed by atoms with van der Waals surface area (Å²) in [4.78, 5) is 31.5. The Labute approximate surface area is 178 Å². The van der Waals surface area contributed by atoms with Crippen molar-refractivity contribution in [1.29, 1.82) is 0 Å². The quantitative estimate of drug-likeness (QED) is 0.585. The fourth-order valence-electron chi connectivity index (χ4n) is 3.50. The van der Waals surface area contributed by atoms with Crippen LogP contribution in [0.2, 0.25) is 0 Å². The molecule has 5 nitrogen and oxygen atoms in total. The number of hydrogen-bond acceptors (Lipinski definition) is 4. The Morgan fingerprint density at radius 3 is 2.40 bits per heavy atom. The van der Waals surface area contributed by atoms with Crippen LogP contribution >= 0.6 is 11.3 Å². The van der Waals surface area contributed by atoms with E-state index in [1.54, 1.807) is 19.1 Å². The smallest absolute Gasteiger partial charge is 0.319 e. The molecule has 0 radical (unpaired) electrons. The van der Waals surface area contributed by atoms with Gasteiger partial charge in [-0.1, -0.05) is 38.1 Å². The van der Waals surface area contributed by atoms with Crippen LogP contribution in [0.25, 0.3) is 10.6 Å². The van der Waals surface area contributed by atoms with Crippen LogP contribution in [0.3, 0.4) is 0 Å². The predicted octanol–water partition coefficient (Wildman–Crippen LogP) is 5.04. The summed E-state index contributed by atoms with van der Waals surface area (Å²) in [5.41, 5.74) is 2.22. The number of aromatic nitrogens is 1. The molecule has 2 aromatic carbocycles. The van der Waals surface area contributed by atoms with Crippen molar-refractivity contribution in [3.63, 3.8) is 0 Å². The third kappa shape index (κ3) is 3.61. The van der Waals surface area contributed by atoms with Gasteiger partial charge in [0.05, 0.1) is 12.2 Å². The zero-order valence-electron chi connectivity index (χ0n) is 17.0. The second-order valence-electron chi connectivity index (χ2n) is 7.87. The van der Waals surface area contributed by atoms with Crippen molar-refractivity contribution in [3.05, 3.63) is 76.5 Å². The Bertz CT molecular complexity index is 1090. The molecule has 1 fully saturated rings. The minimum absolute atomic E-state index is 0.0853. The average Bonchev–Trinajstić information content (AvgIpc) is 3.28. The minimum atomic E-state index is -1.11. The van der Waals surface area contributed by atoms with E-state index in [-0.39, 0.29) is 18.3 Å². The summed E-state index contributed by atoms with van der Waals surface area (Å²) >= 11 is 1.39. The van der Waals surface area contributed by atoms with Crippen LogP contribution in [0.15, 0.2) is 53.9 Å². The van der Waals surface area contributed by atoms with E-state index in [0.717, 1.165) is 11.1 Å². The molecule has 1 aromatic heterocycles. The van der Waals surface area contributed by atoms with E-state index in [1.807, 2.05) is 29.6 Å². The maximum absolute atomic E-state index is 13.2. The summed E-state index contributed by atoms with van der Waals surface area (Å²) in [6.45, 7) is 6.02. The molecule has 2 heterocycles. The number of amides is 3. The van der Waals surface area contributed by atoms with Crippen LogP contribution in [0.5, 0.6) is 0 Å². The summed E-state index contributed by atoms with van der Waals surface area (Å²) in [6.07, 6.45) is 0. The van der Waals surface area contributed by atoms with Gasteiger partial charge in [0.25, 0.3) is 5.91 Å². The largest absolute Gasteiger partial charge is 0.325 e. The number of halogens is 1. The minimum Gasteiger partial charge on any atom is -0.319 e. The van der Waals surface area contributed by atoms with Gasteiger partial charge in [0.15, 0.2) is 0 Å². The lowest BCUT2D eigenvalue weighted by Gasteiger charge is -2.22. The molecule has 30 heavy (non-hydrogen) atoms. The zero-order valence-corrected chi connectivity index (χ0v) is 17.8. The van der Waals surface area contributed by atoms with Crippen LogP contribution in [-0.4, -0.2) is 21.8 Å². The van der Waals surface area contributed by atoms with Gasteiger partial charge in [-0.2, -0.15) is 0 Å². The number of nitrogens with zero attached hydrogens (tertiary/aromatic N) is 2. The third-order valence-corrected chi connectivity index (χ3v) is 6.33. The van der Waals surface area contributed by atoms with Crippen LogP contribution < -0.4 is 5.32 Å². The summed E-state index contributed by atoms with van der Waals surface area (Å²) in [5.74, 6) is -0.228. The van der Waals surface area contributed by atoms with Gasteiger partial charge < -0.3 is 5.32 Å². The van der Waals surface area contributed by atoms with Gasteiger partial charge in [-0.05, 0) is 48.2 Å². The van der Waals surface area contributed by atoms with Crippen molar-refractivity contribution in [2.75, 3.05) is 0 Å². The fourth-order valence-corrected chi connectivity index (χ4v) is 4.32. The van der Waals surface area contributed by atoms with Crippen molar-refractivity contribution in [2.45, 2.75) is 38.8 Å². The molecule has 0 aliphatic carbocycles. The second-order valence-corrected chi connectivity index (χ2v) is 8.73. The molecule has 1 saturated heterocycles. The predicted molar refractivity (Wildman–Crippen MR) is 114 cm³/mol. The van der Waals surface area contributed by atoms with Crippen molar-refractivity contribution < 1.29 is 14.0 Å². The van der Waals surface area contributed by atoms with Crippen LogP contribution in [0.1, 0.15) is 43.5 Å². The lowest BCUT2D eigenvalue weighted by Crippen LogP contribution is -2.40. The van der Waals surface area contributed by atoms with Crippen molar-refractivity contribution >= 4 is 23.3 Å². The molecule has 7 heteroatoms. The molecule has 1 aliphatic rings. The number of hydrogen-bond donors (Lipinski definition) is 1. The van der Waals surface area contributed by atoms with Gasteiger partial charge in [-0.3, -0.25) is 9.69 Å². The van der Waals surface area contributed by atoms with E-state index < -0.39 is 11.6 Å². The van der Waals surface area contributed by atoms with Crippen LogP contribution in [0, 0.1) is 5.82 Å². The van der Waals surface area contributed by atoms with Gasteiger partial charge in [0.2, 0.25) is 0 Å². The maximum Gasteiger partial charge on any atom is 0.325 e. The number of thiazole rings is 1. The standard InChI is InChI=1S/C23H22FN3O2S/c1-14(2)15-4-8-17(9-5-15)23(3)21(28)27(22(29)26-23)12-19-13-30-20(25-19)16-6-10-18(24)11-7-16/h4-11,13-14H,12H2,1-3H3,(H,26,29). The van der Waals surface area contributed by atoms with Gasteiger partial charge in [0.1, 0.15) is 16.4 Å². The molecule has 0 spiro atoms. The lowest BCUT2D eigenvalue weighted by atomic mass is 9.90. The summed E-state index contributed by atoms with van der Waals surface area (Å²) in [6, 6.07) is 13.4. The molecule has 3 amide bonds. The molecule has 3 aromatic rings. The third-order valence-electron chi connectivity index (χ3n) is 5.39. The molecular formula is C23H22FN3O2S. The number of benzene rings is 2. The fraction of sp³-hybridized carbons (Fsp3) is 0.261. The molecule has 4 rings (SSSR count). The summed E-state index contributed by atoms with van der Waals surface area (Å²) < 4.78 is 13.1. The van der Waals surface area contributed by atoms with E-state index >= 15 is 0 Å². The van der Waals surface area contributed by atoms with Gasteiger partial charge in [-0.15, -0.1) is 11.3 Å². The van der Waals surface area contributed by atoms with Crippen molar-refractivity contribution in [3.8, 4) is 10.6 Å². The number of rotatable bonds is 5. The van der Waals surface area contributed by atoms with Crippen molar-refractivity contribution in [1.82, 2.24) is 15.2 Å². The summed E-state index contributed by atoms with van der Waals surface area (Å²) in [7, 11) is 0. The normalized spacial score (nSPS) is 18.9. The molecular weight excluding hydrogens is 401 g/mol. The second kappa shape index (κ2) is 7.65. The first-order chi connectivity index (χ1) is 14.3.